The number of ether oxygens (including phenoxy) is 2. The van der Waals surface area contributed by atoms with E-state index in [4.69, 9.17) is 9.47 Å². The molecule has 0 aliphatic carbocycles. The molecular weight excluding hydrogens is 256 g/mol. The lowest BCUT2D eigenvalue weighted by molar-refractivity contribution is -0.140. The van der Waals surface area contributed by atoms with Gasteiger partial charge in [0.15, 0.2) is 0 Å². The van der Waals surface area contributed by atoms with E-state index < -0.39 is 0 Å². The van der Waals surface area contributed by atoms with E-state index in [0.717, 1.165) is 38.5 Å². The van der Waals surface area contributed by atoms with Crippen LogP contribution in [0.25, 0.3) is 0 Å². The molecule has 4 heteroatoms. The van der Waals surface area contributed by atoms with Crippen LogP contribution in [0.1, 0.15) is 52.4 Å². The van der Waals surface area contributed by atoms with Gasteiger partial charge in [-0.05, 0) is 26.7 Å². The SMILES string of the molecule is C=C(C)C(=O)OCCCCCCCCOC(=O)C(=C)C. The minimum atomic E-state index is -0.315. The van der Waals surface area contributed by atoms with Gasteiger partial charge in [-0.15, -0.1) is 0 Å². The summed E-state index contributed by atoms with van der Waals surface area (Å²) in [7, 11) is 0. The number of carbonyl (C=O) groups is 2. The molecule has 114 valence electrons. The summed E-state index contributed by atoms with van der Waals surface area (Å²) in [6, 6.07) is 0. The first-order valence-electron chi connectivity index (χ1n) is 7.10. The van der Waals surface area contributed by atoms with E-state index in [2.05, 4.69) is 13.2 Å². The van der Waals surface area contributed by atoms with Crippen molar-refractivity contribution in [2.24, 2.45) is 0 Å². The van der Waals surface area contributed by atoms with Gasteiger partial charge in [-0.2, -0.15) is 0 Å². The quantitative estimate of drug-likeness (QED) is 0.330. The normalized spacial score (nSPS) is 9.90. The highest BCUT2D eigenvalue weighted by Gasteiger charge is 2.03. The molecule has 0 aromatic rings. The Kier molecular flexibility index (Phi) is 10.4. The van der Waals surface area contributed by atoms with Gasteiger partial charge < -0.3 is 9.47 Å². The Bertz CT molecular complexity index is 310. The average molecular weight is 282 g/mol. The van der Waals surface area contributed by atoms with Crippen molar-refractivity contribution in [2.75, 3.05) is 13.2 Å². The summed E-state index contributed by atoms with van der Waals surface area (Å²) in [6.07, 6.45) is 6.02. The molecule has 0 atom stereocenters. The highest BCUT2D eigenvalue weighted by Crippen LogP contribution is 2.06. The zero-order chi connectivity index (χ0) is 15.4. The van der Waals surface area contributed by atoms with Gasteiger partial charge in [-0.25, -0.2) is 9.59 Å². The molecule has 0 saturated carbocycles. The fourth-order valence-electron chi connectivity index (χ4n) is 1.49. The maximum atomic E-state index is 11.1. The lowest BCUT2D eigenvalue weighted by atomic mass is 10.1. The van der Waals surface area contributed by atoms with Gasteiger partial charge in [0, 0.05) is 11.1 Å². The smallest absolute Gasteiger partial charge is 0.333 e. The number of hydrogen-bond donors (Lipinski definition) is 0. The van der Waals surface area contributed by atoms with Crippen LogP contribution in [0.3, 0.4) is 0 Å². The molecule has 0 spiro atoms. The number of rotatable bonds is 11. The van der Waals surface area contributed by atoms with Crippen LogP contribution in [-0.2, 0) is 19.1 Å². The van der Waals surface area contributed by atoms with Gasteiger partial charge >= 0.3 is 11.9 Å². The molecule has 0 aliphatic heterocycles. The van der Waals surface area contributed by atoms with Crippen molar-refractivity contribution in [2.45, 2.75) is 52.4 Å². The summed E-state index contributed by atoms with van der Waals surface area (Å²) in [5, 5.41) is 0. The second-order valence-corrected chi connectivity index (χ2v) is 4.95. The predicted molar refractivity (Wildman–Crippen MR) is 79.2 cm³/mol. The van der Waals surface area contributed by atoms with E-state index in [-0.39, 0.29) is 11.9 Å². The van der Waals surface area contributed by atoms with Gasteiger partial charge in [0.2, 0.25) is 0 Å². The van der Waals surface area contributed by atoms with Gasteiger partial charge in [-0.1, -0.05) is 38.8 Å². The standard InChI is InChI=1S/C16H26O4/c1-13(2)15(17)19-11-9-7-5-6-8-10-12-20-16(18)14(3)4/h1,3,5-12H2,2,4H3. The van der Waals surface area contributed by atoms with Crippen LogP contribution in [0.4, 0.5) is 0 Å². The summed E-state index contributed by atoms with van der Waals surface area (Å²) in [5.74, 6) is -0.631. The van der Waals surface area contributed by atoms with E-state index in [9.17, 15) is 9.59 Å². The number of esters is 2. The summed E-state index contributed by atoms with van der Waals surface area (Å²) in [5.41, 5.74) is 0.878. The molecule has 0 unspecified atom stereocenters. The molecule has 20 heavy (non-hydrogen) atoms. The molecule has 0 bridgehead atoms. The summed E-state index contributed by atoms with van der Waals surface area (Å²) in [4.78, 5) is 22.2. The number of hydrogen-bond acceptors (Lipinski definition) is 4. The van der Waals surface area contributed by atoms with Crippen molar-refractivity contribution < 1.29 is 19.1 Å². The first kappa shape index (κ1) is 18.4. The van der Waals surface area contributed by atoms with Gasteiger partial charge in [0.05, 0.1) is 13.2 Å². The van der Waals surface area contributed by atoms with E-state index in [1.165, 1.54) is 0 Å². The molecule has 0 amide bonds. The van der Waals surface area contributed by atoms with Crippen LogP contribution in [0.5, 0.6) is 0 Å². The minimum Gasteiger partial charge on any atom is -0.462 e. The Labute approximate surface area is 121 Å². The second-order valence-electron chi connectivity index (χ2n) is 4.95. The molecule has 0 rings (SSSR count). The van der Waals surface area contributed by atoms with Crippen LogP contribution in [0.2, 0.25) is 0 Å². The van der Waals surface area contributed by atoms with Crippen molar-refractivity contribution in [1.29, 1.82) is 0 Å². The monoisotopic (exact) mass is 282 g/mol. The minimum absolute atomic E-state index is 0.315. The van der Waals surface area contributed by atoms with Crippen molar-refractivity contribution in [3.05, 3.63) is 24.3 Å². The number of carbonyl (C=O) groups excluding carboxylic acids is 2. The molecule has 4 nitrogen and oxygen atoms in total. The molecular formula is C16H26O4. The Morgan fingerprint density at radius 1 is 0.700 bits per heavy atom. The van der Waals surface area contributed by atoms with Gasteiger partial charge in [0.1, 0.15) is 0 Å². The van der Waals surface area contributed by atoms with Crippen LogP contribution in [0.15, 0.2) is 24.3 Å². The molecule has 0 aromatic carbocycles. The fraction of sp³-hybridized carbons (Fsp3) is 0.625. The average Bonchev–Trinajstić information content (AvgIpc) is 2.39. The van der Waals surface area contributed by atoms with E-state index in [0.29, 0.717) is 24.4 Å². The zero-order valence-corrected chi connectivity index (χ0v) is 12.7. The summed E-state index contributed by atoms with van der Waals surface area (Å²) < 4.78 is 9.99. The Morgan fingerprint density at radius 3 is 1.30 bits per heavy atom. The molecule has 0 radical (unpaired) electrons. The molecule has 0 fully saturated rings. The predicted octanol–water partition coefficient (Wildman–Crippen LogP) is 3.57. The lowest BCUT2D eigenvalue weighted by Crippen LogP contribution is -2.06. The van der Waals surface area contributed by atoms with Crippen LogP contribution in [0, 0.1) is 0 Å². The van der Waals surface area contributed by atoms with Crippen molar-refractivity contribution >= 4 is 11.9 Å². The van der Waals surface area contributed by atoms with Crippen LogP contribution >= 0.6 is 0 Å². The molecule has 0 heterocycles. The molecule has 0 saturated heterocycles. The maximum absolute atomic E-state index is 11.1. The molecule has 0 aromatic heterocycles. The highest BCUT2D eigenvalue weighted by atomic mass is 16.5. The Balaban J connectivity index is 3.25. The first-order valence-corrected chi connectivity index (χ1v) is 7.10. The lowest BCUT2D eigenvalue weighted by Gasteiger charge is -2.05. The van der Waals surface area contributed by atoms with Crippen LogP contribution < -0.4 is 0 Å². The van der Waals surface area contributed by atoms with Crippen molar-refractivity contribution in [3.8, 4) is 0 Å². The Morgan fingerprint density at radius 2 is 1.00 bits per heavy atom. The molecule has 0 N–H and O–H groups in total. The second kappa shape index (κ2) is 11.3. The third-order valence-corrected chi connectivity index (χ3v) is 2.70. The van der Waals surface area contributed by atoms with Gasteiger partial charge in [0.25, 0.3) is 0 Å². The fourth-order valence-corrected chi connectivity index (χ4v) is 1.49. The third-order valence-electron chi connectivity index (χ3n) is 2.70. The summed E-state index contributed by atoms with van der Waals surface area (Å²) >= 11 is 0. The van der Waals surface area contributed by atoms with E-state index >= 15 is 0 Å². The summed E-state index contributed by atoms with van der Waals surface area (Å²) in [6.45, 7) is 11.2. The van der Waals surface area contributed by atoms with Crippen LogP contribution in [-0.4, -0.2) is 25.2 Å². The van der Waals surface area contributed by atoms with E-state index in [1.807, 2.05) is 0 Å². The largest absolute Gasteiger partial charge is 0.462 e. The number of unbranched alkanes of at least 4 members (excludes halogenated alkanes) is 5. The zero-order valence-electron chi connectivity index (χ0n) is 12.7. The van der Waals surface area contributed by atoms with Gasteiger partial charge in [-0.3, -0.25) is 0 Å². The molecule has 0 aliphatic rings. The first-order chi connectivity index (χ1) is 9.45. The Hall–Kier alpha value is -1.58. The van der Waals surface area contributed by atoms with Crippen molar-refractivity contribution in [1.82, 2.24) is 0 Å². The maximum Gasteiger partial charge on any atom is 0.333 e. The third kappa shape index (κ3) is 10.4. The van der Waals surface area contributed by atoms with E-state index in [1.54, 1.807) is 13.8 Å². The topological polar surface area (TPSA) is 52.6 Å². The van der Waals surface area contributed by atoms with Crippen molar-refractivity contribution in [3.63, 3.8) is 0 Å². The highest BCUT2D eigenvalue weighted by molar-refractivity contribution is 5.87.